The van der Waals surface area contributed by atoms with Crippen molar-refractivity contribution in [1.82, 2.24) is 0 Å². The number of rotatable bonds is 3. The zero-order chi connectivity index (χ0) is 15.6. The Hall–Kier alpha value is -1.16. The molecule has 1 fully saturated rings. The van der Waals surface area contributed by atoms with E-state index in [0.29, 0.717) is 0 Å². The van der Waals surface area contributed by atoms with Crippen LogP contribution in [0, 0.1) is 0 Å². The number of ether oxygens (including phenoxy) is 1. The van der Waals surface area contributed by atoms with Crippen molar-refractivity contribution in [3.8, 4) is 0 Å². The van der Waals surface area contributed by atoms with Crippen LogP contribution in [0.3, 0.4) is 0 Å². The first-order chi connectivity index (χ1) is 9.84. The number of alkyl halides is 3. The van der Waals surface area contributed by atoms with Crippen molar-refractivity contribution >= 4 is 21.9 Å². The van der Waals surface area contributed by atoms with Gasteiger partial charge in [-0.3, -0.25) is 0 Å². The fraction of sp³-hybridized carbons (Fsp3) is 0.417. The summed E-state index contributed by atoms with van der Waals surface area (Å²) in [7, 11) is 0. The van der Waals surface area contributed by atoms with Gasteiger partial charge >= 0.3 is 12.1 Å². The molecule has 0 aliphatic carbocycles. The molecule has 2 unspecified atom stereocenters. The number of hydrogen-bond acceptors (Lipinski definition) is 5. The van der Waals surface area contributed by atoms with Gasteiger partial charge < -0.3 is 4.74 Å². The third kappa shape index (κ3) is 3.54. The monoisotopic (exact) mass is 370 g/mol. The number of halogens is 4. The largest absolute Gasteiger partial charge is 0.464 e. The van der Waals surface area contributed by atoms with Crippen molar-refractivity contribution in [2.45, 2.75) is 25.3 Å². The highest BCUT2D eigenvalue weighted by molar-refractivity contribution is 9.10. The minimum atomic E-state index is -4.62. The Morgan fingerprint density at radius 3 is 2.71 bits per heavy atom. The van der Waals surface area contributed by atoms with Crippen LogP contribution in [-0.2, 0) is 30.5 Å². The standard InChI is InChI=1S/C12H10BrF3O5/c1-2-18-11(17)10-9(19-21-20-10)7-4-3-6(13)5-8(7)12(14,15)16/h3-5,9-10H,2H2,1H3. The predicted molar refractivity (Wildman–Crippen MR) is 65.6 cm³/mol. The lowest BCUT2D eigenvalue weighted by atomic mass is 9.98. The Labute approximate surface area is 125 Å². The van der Waals surface area contributed by atoms with E-state index in [4.69, 9.17) is 4.74 Å². The average Bonchev–Trinajstić information content (AvgIpc) is 2.87. The fourth-order valence-corrected chi connectivity index (χ4v) is 2.19. The lowest BCUT2D eigenvalue weighted by molar-refractivity contribution is -0.465. The minimum Gasteiger partial charge on any atom is -0.464 e. The Morgan fingerprint density at radius 1 is 1.38 bits per heavy atom. The molecule has 116 valence electrons. The van der Waals surface area contributed by atoms with Gasteiger partial charge in [0.15, 0.2) is 6.10 Å². The first-order valence-corrected chi connectivity index (χ1v) is 6.66. The summed E-state index contributed by atoms with van der Waals surface area (Å²) in [6.07, 6.45) is -7.41. The van der Waals surface area contributed by atoms with Crippen molar-refractivity contribution in [3.63, 3.8) is 0 Å². The molecule has 0 spiro atoms. The molecule has 1 saturated heterocycles. The van der Waals surface area contributed by atoms with E-state index in [1.807, 2.05) is 0 Å². The van der Waals surface area contributed by atoms with Crippen molar-refractivity contribution < 1.29 is 37.5 Å². The van der Waals surface area contributed by atoms with E-state index in [1.54, 1.807) is 6.92 Å². The van der Waals surface area contributed by atoms with Gasteiger partial charge in [0.05, 0.1) is 12.2 Å². The van der Waals surface area contributed by atoms with E-state index >= 15 is 0 Å². The second-order valence-electron chi connectivity index (χ2n) is 4.08. The van der Waals surface area contributed by atoms with Crippen molar-refractivity contribution in [2.75, 3.05) is 6.61 Å². The molecule has 1 aromatic rings. The molecule has 9 heteroatoms. The summed E-state index contributed by atoms with van der Waals surface area (Å²) in [5.41, 5.74) is -1.23. The molecule has 5 nitrogen and oxygen atoms in total. The molecule has 1 aromatic carbocycles. The topological polar surface area (TPSA) is 54.0 Å². The van der Waals surface area contributed by atoms with Crippen LogP contribution in [0.1, 0.15) is 24.2 Å². The molecule has 0 aromatic heterocycles. The maximum absolute atomic E-state index is 13.1. The molecule has 1 aliphatic rings. The van der Waals surface area contributed by atoms with Crippen LogP contribution in [0.5, 0.6) is 0 Å². The lowest BCUT2D eigenvalue weighted by Crippen LogP contribution is -2.29. The van der Waals surface area contributed by atoms with Gasteiger partial charge in [-0.1, -0.05) is 27.0 Å². The van der Waals surface area contributed by atoms with Crippen molar-refractivity contribution in [3.05, 3.63) is 33.8 Å². The Bertz CT molecular complexity index is 534. The zero-order valence-corrected chi connectivity index (χ0v) is 12.2. The van der Waals surface area contributed by atoms with Gasteiger partial charge in [-0.2, -0.15) is 22.9 Å². The van der Waals surface area contributed by atoms with Gasteiger partial charge in [0.25, 0.3) is 0 Å². The van der Waals surface area contributed by atoms with E-state index in [0.717, 1.165) is 6.07 Å². The van der Waals surface area contributed by atoms with Crippen LogP contribution >= 0.6 is 15.9 Å². The molecule has 0 amide bonds. The van der Waals surface area contributed by atoms with Crippen molar-refractivity contribution in [1.29, 1.82) is 0 Å². The molecule has 0 bridgehead atoms. The Kier molecular flexibility index (Phi) is 4.87. The normalized spacial score (nSPS) is 22.3. The van der Waals surface area contributed by atoms with E-state index in [2.05, 4.69) is 30.7 Å². The molecular weight excluding hydrogens is 361 g/mol. The first-order valence-electron chi connectivity index (χ1n) is 5.86. The molecule has 0 saturated carbocycles. The van der Waals surface area contributed by atoms with Gasteiger partial charge in [0.2, 0.25) is 6.10 Å². The van der Waals surface area contributed by atoms with Crippen LogP contribution in [0.15, 0.2) is 22.7 Å². The summed E-state index contributed by atoms with van der Waals surface area (Å²) in [4.78, 5) is 20.9. The number of hydrogen-bond donors (Lipinski definition) is 0. The highest BCUT2D eigenvalue weighted by Gasteiger charge is 2.45. The molecular formula is C12H10BrF3O5. The number of esters is 1. The first kappa shape index (κ1) is 16.2. The molecule has 1 aliphatic heterocycles. The molecule has 0 N–H and O–H groups in total. The number of carbonyl (C=O) groups is 1. The molecule has 2 rings (SSSR count). The van der Waals surface area contributed by atoms with Gasteiger partial charge in [0.1, 0.15) is 0 Å². The maximum atomic E-state index is 13.1. The van der Waals surface area contributed by atoms with E-state index in [1.165, 1.54) is 12.1 Å². The summed E-state index contributed by atoms with van der Waals surface area (Å²) in [6.45, 7) is 1.61. The zero-order valence-electron chi connectivity index (χ0n) is 10.6. The summed E-state index contributed by atoms with van der Waals surface area (Å²) in [5.74, 6) is -0.865. The maximum Gasteiger partial charge on any atom is 0.416 e. The Morgan fingerprint density at radius 2 is 2.10 bits per heavy atom. The fourth-order valence-electron chi connectivity index (χ4n) is 1.83. The summed E-state index contributed by atoms with van der Waals surface area (Å²) in [5, 5.41) is 4.21. The van der Waals surface area contributed by atoms with E-state index < -0.39 is 29.9 Å². The van der Waals surface area contributed by atoms with Crippen LogP contribution in [0.25, 0.3) is 0 Å². The van der Waals surface area contributed by atoms with E-state index in [-0.39, 0.29) is 16.6 Å². The summed E-state index contributed by atoms with van der Waals surface area (Å²) in [6, 6.07) is 3.47. The smallest absolute Gasteiger partial charge is 0.416 e. The number of carbonyl (C=O) groups excluding carboxylic acids is 1. The lowest BCUT2D eigenvalue weighted by Gasteiger charge is -2.18. The van der Waals surface area contributed by atoms with Crippen LogP contribution in [-0.4, -0.2) is 18.7 Å². The SMILES string of the molecule is CCOC(=O)C1OOOC1c1ccc(Br)cc1C(F)(F)F. The second-order valence-corrected chi connectivity index (χ2v) is 5.00. The molecule has 21 heavy (non-hydrogen) atoms. The highest BCUT2D eigenvalue weighted by Crippen LogP contribution is 2.40. The second kappa shape index (κ2) is 6.30. The van der Waals surface area contributed by atoms with E-state index in [9.17, 15) is 18.0 Å². The predicted octanol–water partition coefficient (Wildman–Crippen LogP) is 3.33. The van der Waals surface area contributed by atoms with Crippen LogP contribution < -0.4 is 0 Å². The number of benzene rings is 1. The van der Waals surface area contributed by atoms with Gasteiger partial charge in [-0.05, 0) is 24.6 Å². The summed E-state index contributed by atoms with van der Waals surface area (Å²) < 4.78 is 44.2. The van der Waals surface area contributed by atoms with Gasteiger partial charge in [-0.15, -0.1) is 0 Å². The van der Waals surface area contributed by atoms with Crippen LogP contribution in [0.4, 0.5) is 13.2 Å². The third-order valence-corrected chi connectivity index (χ3v) is 3.20. The molecule has 1 heterocycles. The minimum absolute atomic E-state index is 0.0535. The quantitative estimate of drug-likeness (QED) is 0.603. The van der Waals surface area contributed by atoms with Gasteiger partial charge in [-0.25, -0.2) is 4.79 Å². The Balaban J connectivity index is 2.39. The molecule has 2 atom stereocenters. The van der Waals surface area contributed by atoms with Gasteiger partial charge in [0, 0.05) is 4.47 Å². The summed E-state index contributed by atoms with van der Waals surface area (Å²) >= 11 is 2.97. The van der Waals surface area contributed by atoms with Crippen molar-refractivity contribution in [2.24, 2.45) is 0 Å². The average molecular weight is 371 g/mol. The molecule has 0 radical (unpaired) electrons. The third-order valence-electron chi connectivity index (χ3n) is 2.71. The highest BCUT2D eigenvalue weighted by atomic mass is 79.9. The van der Waals surface area contributed by atoms with Crippen LogP contribution in [0.2, 0.25) is 0 Å².